The van der Waals surface area contributed by atoms with Crippen LogP contribution < -0.4 is 59.8 Å². The first kappa shape index (κ1) is 99.4. The van der Waals surface area contributed by atoms with Crippen molar-refractivity contribution < 1.29 is 243 Å². The number of benzene rings is 8. The smallest absolute Gasteiger partial charge is 0.871 e. The Bertz CT molecular complexity index is 3200. The van der Waals surface area contributed by atoms with Gasteiger partial charge in [0.15, 0.2) is 0 Å². The van der Waals surface area contributed by atoms with E-state index in [-0.39, 0.29) is 233 Å². The largest absolute Gasteiger partial charge is 3.00 e. The first-order valence-corrected chi connectivity index (χ1v) is 25.3. The molecule has 0 unspecified atom stereocenters. The summed E-state index contributed by atoms with van der Waals surface area (Å²) in [6.07, 6.45) is 7.01. The topological polar surface area (TPSA) is 504 Å². The van der Waals surface area contributed by atoms with Crippen molar-refractivity contribution in [2.24, 2.45) is 20.0 Å². The summed E-state index contributed by atoms with van der Waals surface area (Å²) >= 11 is 0. The fraction of sp³-hybridized carbons (Fsp3) is 0.129. The van der Waals surface area contributed by atoms with Gasteiger partial charge in [0, 0.05) is 53.0 Å². The van der Waals surface area contributed by atoms with Crippen LogP contribution in [0, 0.1) is 183 Å². The number of para-hydroxylation sites is 12. The van der Waals surface area contributed by atoms with Gasteiger partial charge in [-0.25, -0.2) is 0 Å². The van der Waals surface area contributed by atoms with Gasteiger partial charge in [0.05, 0.1) is 61.4 Å². The molecule has 8 aromatic rings. The summed E-state index contributed by atoms with van der Waals surface area (Å²) < 4.78 is 19.7. The van der Waals surface area contributed by atoms with Gasteiger partial charge in [0.2, 0.25) is 12.8 Å². The van der Waals surface area contributed by atoms with Crippen LogP contribution in [0.4, 0.5) is 22.7 Å². The number of hydrogen-bond donors (Lipinski definition) is 0. The van der Waals surface area contributed by atoms with E-state index in [1.54, 1.807) is 174 Å². The Morgan fingerprint density at radius 1 is 0.323 bits per heavy atom. The SMILES string of the molecule is CN(C)C=O.CN(C)C=O.COc1cccc(C=Nc2ccccc2[O-])c1[O-].COc1cccc(C=Nc2ccccc2[O-])c1[O-].COc1cccc(C=Nc2ccccc2[O-])c1[O-].COc1cccc(C=Nc2ccccc2[O-])c1[O-].O=[N+]([O-])[O-].O=[N+]([O-])[O-].[Dy+3].[Dy+3].[Dy+3].[Dy+3].[OH-].[OH-]. The second kappa shape index (κ2) is 57.6. The maximum atomic E-state index is 11.8. The van der Waals surface area contributed by atoms with Gasteiger partial charge in [-0.05, 0) is 70.8 Å². The molecule has 8 aromatic carbocycles. The van der Waals surface area contributed by atoms with Crippen molar-refractivity contribution in [2.45, 2.75) is 0 Å². The predicted molar refractivity (Wildman–Crippen MR) is 326 cm³/mol. The molecule has 4 radical (unpaired) electrons. The number of ether oxygens (including phenoxy) is 4. The second-order valence-corrected chi connectivity index (χ2v) is 17.0. The molecule has 0 saturated carbocycles. The molecule has 30 nitrogen and oxygen atoms in total. The Morgan fingerprint density at radius 3 is 0.615 bits per heavy atom. The molecule has 0 aliphatic carbocycles. The predicted octanol–water partition coefficient (Wildman–Crippen LogP) is 4.95. The van der Waals surface area contributed by atoms with Crippen molar-refractivity contribution >= 4 is 60.4 Å². The molecule has 0 aliphatic rings. The molecule has 0 bridgehead atoms. The Labute approximate surface area is 673 Å². The summed E-state index contributed by atoms with van der Waals surface area (Å²) in [5, 5.41) is 122. The van der Waals surface area contributed by atoms with E-state index in [2.05, 4.69) is 20.0 Å². The molecule has 0 saturated heterocycles. The van der Waals surface area contributed by atoms with Crippen molar-refractivity contribution in [1.82, 2.24) is 9.80 Å². The minimum atomic E-state index is -1.75. The van der Waals surface area contributed by atoms with Gasteiger partial charge in [-0.3, -0.25) is 29.6 Å². The third kappa shape index (κ3) is 40.7. The van der Waals surface area contributed by atoms with Crippen LogP contribution in [0.25, 0.3) is 0 Å². The maximum Gasteiger partial charge on any atom is 3.00 e. The third-order valence-corrected chi connectivity index (χ3v) is 10.2. The number of amides is 2. The molecule has 2 amide bonds. The van der Waals surface area contributed by atoms with Gasteiger partial charge in [0.1, 0.15) is 23.0 Å². The van der Waals surface area contributed by atoms with Gasteiger partial charge in [-0.2, -0.15) is 0 Å². The van der Waals surface area contributed by atoms with Crippen molar-refractivity contribution in [3.63, 3.8) is 0 Å². The summed E-state index contributed by atoms with van der Waals surface area (Å²) in [6.45, 7) is 0. The molecule has 0 aliphatic heterocycles. The number of nitrogens with zero attached hydrogens (tertiary/aromatic N) is 8. The maximum absolute atomic E-state index is 11.8. The van der Waals surface area contributed by atoms with Crippen molar-refractivity contribution in [1.29, 1.82) is 0 Å². The van der Waals surface area contributed by atoms with E-state index in [0.717, 1.165) is 12.8 Å². The molecule has 0 fully saturated rings. The zero-order valence-electron chi connectivity index (χ0n) is 51.5. The molecular weight excluding hydrogens is 1860 g/mol. The van der Waals surface area contributed by atoms with Crippen LogP contribution in [0.5, 0.6) is 69.0 Å². The van der Waals surface area contributed by atoms with E-state index in [4.69, 9.17) is 49.6 Å². The Morgan fingerprint density at radius 2 is 0.479 bits per heavy atom. The number of rotatable bonds is 14. The van der Waals surface area contributed by atoms with E-state index >= 15 is 0 Å². The van der Waals surface area contributed by atoms with E-state index in [1.165, 1.54) is 87.4 Å². The zero-order valence-corrected chi connectivity index (χ0v) is 59.6. The number of carbonyl (C=O) groups excluding carboxylic acids is 2. The first-order chi connectivity index (χ1) is 42.9. The summed E-state index contributed by atoms with van der Waals surface area (Å²) in [7, 11) is 12.5. The summed E-state index contributed by atoms with van der Waals surface area (Å²) in [5.41, 5.74) is 2.77. The standard InChI is InChI=1S/4C14H13NO3.2C3H7NO.4Dy.2NO3.2H2O/c4*1-18-13-8-4-5-10(14(13)17)9-15-11-6-2-3-7-12(11)16;2*1-4(2)3-5;;;;;2*2-1(3)4;;/h4*2-9,16-17H,1H3;2*3H,1-2H3;;;;;;;2*1H2/q;;;;;;4*+3;2*-1;;/p-10. The van der Waals surface area contributed by atoms with E-state index in [0.29, 0.717) is 45.0 Å². The molecule has 96 heavy (non-hydrogen) atoms. The third-order valence-electron chi connectivity index (χ3n) is 10.2. The zero-order chi connectivity index (χ0) is 67.6. The summed E-state index contributed by atoms with van der Waals surface area (Å²) in [4.78, 5) is 54.3. The molecular formula is C62H60Dy4N8O22. The van der Waals surface area contributed by atoms with Crippen LogP contribution in [0.15, 0.2) is 190 Å². The Balaban J connectivity index is -0.000000254. The number of hydrogen-bond acceptors (Lipinski definition) is 26. The number of methoxy groups -OCH3 is 4. The number of carbonyl (C=O) groups is 2. The fourth-order valence-corrected chi connectivity index (χ4v) is 5.99. The molecule has 0 aromatic heterocycles. The Hall–Kier alpha value is -7.61. The minimum Gasteiger partial charge on any atom is -0.871 e. The molecule has 2 N–H and O–H groups in total. The summed E-state index contributed by atoms with van der Waals surface area (Å²) in [5.74, 6) is -0.646. The molecule has 8 rings (SSSR count). The molecule has 0 atom stereocenters. The van der Waals surface area contributed by atoms with Crippen LogP contribution >= 0.6 is 0 Å². The number of aliphatic imine (C=N–C) groups is 4. The van der Waals surface area contributed by atoms with Crippen LogP contribution in [-0.4, -0.2) is 125 Å². The van der Waals surface area contributed by atoms with Gasteiger partial charge in [-0.1, -0.05) is 167 Å². The van der Waals surface area contributed by atoms with E-state index in [1.807, 2.05) is 0 Å². The minimum absolute atomic E-state index is 0. The second-order valence-electron chi connectivity index (χ2n) is 17.0. The molecule has 520 valence electrons. The molecule has 0 heterocycles. The first-order valence-electron chi connectivity index (χ1n) is 25.3. The van der Waals surface area contributed by atoms with Crippen LogP contribution in [0.3, 0.4) is 0 Å². The summed E-state index contributed by atoms with van der Waals surface area (Å²) in [6, 6.07) is 45.2. The van der Waals surface area contributed by atoms with Gasteiger partial charge >= 0.3 is 153 Å². The van der Waals surface area contributed by atoms with Crippen LogP contribution in [-0.2, 0) is 9.59 Å². The fourth-order valence-electron chi connectivity index (χ4n) is 5.99. The normalized spacial score (nSPS) is 9.25. The van der Waals surface area contributed by atoms with Crippen molar-refractivity contribution in [2.75, 3.05) is 56.6 Å². The van der Waals surface area contributed by atoms with Crippen molar-refractivity contribution in [3.05, 3.63) is 223 Å². The Kier molecular flexibility index (Phi) is 59.7. The van der Waals surface area contributed by atoms with E-state index in [9.17, 15) is 50.4 Å². The van der Waals surface area contributed by atoms with Crippen molar-refractivity contribution in [3.8, 4) is 69.0 Å². The van der Waals surface area contributed by atoms with Crippen LogP contribution in [0.1, 0.15) is 22.3 Å². The average molecular weight is 1920 g/mol. The average Bonchev–Trinajstić information content (AvgIpc) is 0.931. The van der Waals surface area contributed by atoms with Gasteiger partial charge in [0.25, 0.3) is 0 Å². The van der Waals surface area contributed by atoms with Gasteiger partial charge in [-0.15, -0.1) is 0 Å². The molecule has 34 heteroatoms. The quantitative estimate of drug-likeness (QED) is 0.0601. The van der Waals surface area contributed by atoms with Crippen LogP contribution in [0.2, 0.25) is 0 Å². The molecule has 0 spiro atoms. The van der Waals surface area contributed by atoms with E-state index < -0.39 is 10.2 Å². The van der Waals surface area contributed by atoms with Gasteiger partial charge < -0.3 is 111 Å². The monoisotopic (exact) mass is 1920 g/mol.